The molecular formula is C30H28N6O. The number of hydrogen-bond acceptors (Lipinski definition) is 5. The van der Waals surface area contributed by atoms with E-state index in [-0.39, 0.29) is 17.8 Å². The van der Waals surface area contributed by atoms with E-state index in [1.807, 2.05) is 42.5 Å². The van der Waals surface area contributed by atoms with Crippen LogP contribution in [0.5, 0.6) is 0 Å². The van der Waals surface area contributed by atoms with Crippen LogP contribution in [0.4, 0.5) is 5.95 Å². The Bertz CT molecular complexity index is 1580. The summed E-state index contributed by atoms with van der Waals surface area (Å²) in [6.07, 6.45) is 5.33. The molecule has 1 aliphatic rings. The van der Waals surface area contributed by atoms with Gasteiger partial charge in [0.05, 0.1) is 16.7 Å². The van der Waals surface area contributed by atoms with Gasteiger partial charge < -0.3 is 16.0 Å². The third kappa shape index (κ3) is 4.93. The number of nitrogens with two attached hydrogens (primary N) is 1. The number of carbonyl (C=O) groups excluding carboxylic acids is 1. The lowest BCUT2D eigenvalue weighted by Crippen LogP contribution is -2.26. The van der Waals surface area contributed by atoms with Crippen LogP contribution in [0.15, 0.2) is 79.0 Å². The van der Waals surface area contributed by atoms with Crippen molar-refractivity contribution >= 4 is 22.9 Å². The van der Waals surface area contributed by atoms with Crippen molar-refractivity contribution in [1.29, 1.82) is 0 Å². The first-order valence-corrected chi connectivity index (χ1v) is 12.6. The average Bonchev–Trinajstić information content (AvgIpc) is 3.36. The molecule has 5 aromatic rings. The van der Waals surface area contributed by atoms with E-state index in [2.05, 4.69) is 50.6 Å². The van der Waals surface area contributed by atoms with Gasteiger partial charge >= 0.3 is 0 Å². The SMILES string of the molecule is Nc1nccc(-c2ccc3nc(C4CCc5ccc(C(=O)NCCc6ccccc6)cc5C4)[nH]c3c2)n1. The van der Waals surface area contributed by atoms with Crippen molar-refractivity contribution in [3.8, 4) is 11.3 Å². The molecule has 37 heavy (non-hydrogen) atoms. The number of amides is 1. The minimum atomic E-state index is -0.0255. The quantitative estimate of drug-likeness (QED) is 0.317. The fourth-order valence-corrected chi connectivity index (χ4v) is 5.12. The minimum absolute atomic E-state index is 0.0255. The van der Waals surface area contributed by atoms with E-state index in [9.17, 15) is 4.79 Å². The highest BCUT2D eigenvalue weighted by Crippen LogP contribution is 2.33. The molecule has 4 N–H and O–H groups in total. The summed E-state index contributed by atoms with van der Waals surface area (Å²) in [6, 6.07) is 24.2. The summed E-state index contributed by atoms with van der Waals surface area (Å²) in [7, 11) is 0. The number of hydrogen-bond donors (Lipinski definition) is 3. The van der Waals surface area contributed by atoms with Crippen LogP contribution >= 0.6 is 0 Å². The predicted octanol–water partition coefficient (Wildman–Crippen LogP) is 4.85. The number of carbonyl (C=O) groups is 1. The van der Waals surface area contributed by atoms with Gasteiger partial charge in [0.1, 0.15) is 5.82 Å². The molecule has 7 heteroatoms. The molecule has 0 spiro atoms. The van der Waals surface area contributed by atoms with Crippen LogP contribution in [0.3, 0.4) is 0 Å². The Kier molecular flexibility index (Phi) is 6.10. The number of aryl methyl sites for hydroxylation is 1. The van der Waals surface area contributed by atoms with E-state index in [0.29, 0.717) is 12.1 Å². The maximum absolute atomic E-state index is 12.8. The number of rotatable bonds is 6. The topological polar surface area (TPSA) is 110 Å². The van der Waals surface area contributed by atoms with Gasteiger partial charge in [-0.3, -0.25) is 4.79 Å². The first-order valence-electron chi connectivity index (χ1n) is 12.6. The van der Waals surface area contributed by atoms with E-state index in [1.165, 1.54) is 16.7 Å². The summed E-state index contributed by atoms with van der Waals surface area (Å²) in [5.41, 5.74) is 13.9. The maximum atomic E-state index is 12.8. The molecule has 0 radical (unpaired) electrons. The number of aromatic nitrogens is 4. The van der Waals surface area contributed by atoms with Crippen LogP contribution in [0.25, 0.3) is 22.3 Å². The Morgan fingerprint density at radius 1 is 1.00 bits per heavy atom. The fourth-order valence-electron chi connectivity index (χ4n) is 5.12. The average molecular weight is 489 g/mol. The number of anilines is 1. The van der Waals surface area contributed by atoms with Gasteiger partial charge in [0, 0.05) is 29.8 Å². The standard InChI is InChI=1S/C30H28N6O/c31-30-33-15-13-25(36-30)21-10-11-26-27(18-21)35-28(34-26)22-8-6-20-7-9-23(17-24(20)16-22)29(37)32-14-12-19-4-2-1-3-5-19/h1-5,7,9-11,13,15,17-18,22H,6,8,12,14,16H2,(H,32,37)(H,34,35)(H2,31,33,36). The Labute approximate surface area is 215 Å². The second-order valence-corrected chi connectivity index (χ2v) is 9.57. The van der Waals surface area contributed by atoms with Gasteiger partial charge in [-0.05, 0) is 72.7 Å². The normalized spacial score (nSPS) is 14.9. The van der Waals surface area contributed by atoms with Crippen LogP contribution < -0.4 is 11.1 Å². The van der Waals surface area contributed by atoms with Crippen molar-refractivity contribution in [2.24, 2.45) is 0 Å². The lowest BCUT2D eigenvalue weighted by Gasteiger charge is -2.23. The first-order chi connectivity index (χ1) is 18.1. The van der Waals surface area contributed by atoms with E-state index >= 15 is 0 Å². The first kappa shape index (κ1) is 22.9. The number of imidazole rings is 1. The molecule has 1 atom stereocenters. The molecule has 0 saturated carbocycles. The van der Waals surface area contributed by atoms with Crippen molar-refractivity contribution < 1.29 is 4.79 Å². The van der Waals surface area contributed by atoms with Gasteiger partial charge in [-0.2, -0.15) is 0 Å². The lowest BCUT2D eigenvalue weighted by molar-refractivity contribution is 0.0954. The molecule has 7 nitrogen and oxygen atoms in total. The van der Waals surface area contributed by atoms with Crippen LogP contribution in [-0.2, 0) is 19.3 Å². The Morgan fingerprint density at radius 2 is 1.89 bits per heavy atom. The van der Waals surface area contributed by atoms with Crippen molar-refractivity contribution in [2.75, 3.05) is 12.3 Å². The lowest BCUT2D eigenvalue weighted by atomic mass is 9.82. The molecule has 0 fully saturated rings. The molecule has 6 rings (SSSR count). The molecular weight excluding hydrogens is 460 g/mol. The number of nitrogens with zero attached hydrogens (tertiary/aromatic N) is 3. The van der Waals surface area contributed by atoms with Crippen LogP contribution in [0.1, 0.15) is 45.2 Å². The van der Waals surface area contributed by atoms with E-state index in [4.69, 9.17) is 10.7 Å². The second kappa shape index (κ2) is 9.85. The van der Waals surface area contributed by atoms with Crippen LogP contribution in [0, 0.1) is 0 Å². The number of nitrogen functional groups attached to an aromatic ring is 1. The largest absolute Gasteiger partial charge is 0.368 e. The van der Waals surface area contributed by atoms with Crippen molar-refractivity contribution in [3.63, 3.8) is 0 Å². The number of H-pyrrole nitrogens is 1. The highest BCUT2D eigenvalue weighted by Gasteiger charge is 2.24. The Hall–Kier alpha value is -4.52. The zero-order chi connectivity index (χ0) is 25.2. The highest BCUT2D eigenvalue weighted by atomic mass is 16.1. The molecule has 1 aliphatic carbocycles. The molecule has 1 amide bonds. The minimum Gasteiger partial charge on any atom is -0.368 e. The smallest absolute Gasteiger partial charge is 0.251 e. The van der Waals surface area contributed by atoms with Gasteiger partial charge in [0.2, 0.25) is 5.95 Å². The van der Waals surface area contributed by atoms with Crippen LogP contribution in [-0.4, -0.2) is 32.4 Å². The molecule has 2 heterocycles. The summed E-state index contributed by atoms with van der Waals surface area (Å²) in [4.78, 5) is 29.6. The van der Waals surface area contributed by atoms with Crippen molar-refractivity contribution in [3.05, 3.63) is 107 Å². The predicted molar refractivity (Wildman–Crippen MR) is 145 cm³/mol. The summed E-state index contributed by atoms with van der Waals surface area (Å²) in [5, 5.41) is 3.06. The monoisotopic (exact) mass is 488 g/mol. The third-order valence-corrected chi connectivity index (χ3v) is 7.10. The molecule has 184 valence electrons. The number of aromatic amines is 1. The fraction of sp³-hybridized carbons (Fsp3) is 0.200. The molecule has 3 aromatic carbocycles. The number of fused-ring (bicyclic) bond motifs is 2. The Morgan fingerprint density at radius 3 is 2.76 bits per heavy atom. The molecule has 0 bridgehead atoms. The zero-order valence-electron chi connectivity index (χ0n) is 20.4. The van der Waals surface area contributed by atoms with E-state index in [1.54, 1.807) is 6.20 Å². The Balaban J connectivity index is 1.16. The number of benzene rings is 3. The molecule has 2 aromatic heterocycles. The number of nitrogens with one attached hydrogen (secondary N) is 2. The third-order valence-electron chi connectivity index (χ3n) is 7.10. The molecule has 1 unspecified atom stereocenters. The molecule has 0 saturated heterocycles. The highest BCUT2D eigenvalue weighted by molar-refractivity contribution is 5.94. The van der Waals surface area contributed by atoms with Gasteiger partial charge in [0.25, 0.3) is 5.91 Å². The van der Waals surface area contributed by atoms with Gasteiger partial charge in [-0.15, -0.1) is 0 Å². The van der Waals surface area contributed by atoms with Crippen molar-refractivity contribution in [1.82, 2.24) is 25.3 Å². The van der Waals surface area contributed by atoms with Crippen molar-refractivity contribution in [2.45, 2.75) is 31.6 Å². The molecule has 0 aliphatic heterocycles. The van der Waals surface area contributed by atoms with E-state index in [0.717, 1.165) is 53.8 Å². The summed E-state index contributed by atoms with van der Waals surface area (Å²) in [6.45, 7) is 0.616. The van der Waals surface area contributed by atoms with Gasteiger partial charge in [0.15, 0.2) is 0 Å². The zero-order valence-corrected chi connectivity index (χ0v) is 20.4. The van der Waals surface area contributed by atoms with Crippen LogP contribution in [0.2, 0.25) is 0 Å². The van der Waals surface area contributed by atoms with Gasteiger partial charge in [-0.1, -0.05) is 42.5 Å². The summed E-state index contributed by atoms with van der Waals surface area (Å²) >= 11 is 0. The van der Waals surface area contributed by atoms with Gasteiger partial charge in [-0.25, -0.2) is 15.0 Å². The second-order valence-electron chi connectivity index (χ2n) is 9.57. The maximum Gasteiger partial charge on any atom is 0.251 e. The summed E-state index contributed by atoms with van der Waals surface area (Å²) in [5.74, 6) is 1.49. The van der Waals surface area contributed by atoms with E-state index < -0.39 is 0 Å². The summed E-state index contributed by atoms with van der Waals surface area (Å²) < 4.78 is 0.